The molecule has 2 aromatic rings. The van der Waals surface area contributed by atoms with Gasteiger partial charge in [-0.3, -0.25) is 0 Å². The topological polar surface area (TPSA) is 18.5 Å². The molecule has 0 saturated heterocycles. The Hall–Kier alpha value is -2.10. The molecule has 0 atom stereocenters. The van der Waals surface area contributed by atoms with E-state index in [1.165, 1.54) is 0 Å². The molecule has 2 aromatic carbocycles. The Morgan fingerprint density at radius 1 is 0.864 bits per heavy atom. The lowest BCUT2D eigenvalue weighted by atomic mass is 9.97. The number of aryl methyl sites for hydroxylation is 2. The zero-order chi connectivity index (χ0) is 16.1. The third-order valence-corrected chi connectivity index (χ3v) is 3.63. The summed E-state index contributed by atoms with van der Waals surface area (Å²) in [7, 11) is 1.57. The highest BCUT2D eigenvalue weighted by atomic mass is 19.3. The van der Waals surface area contributed by atoms with E-state index >= 15 is 0 Å². The van der Waals surface area contributed by atoms with Crippen molar-refractivity contribution in [1.29, 1.82) is 0 Å². The van der Waals surface area contributed by atoms with Gasteiger partial charge >= 0.3 is 6.61 Å². The molecule has 0 aliphatic rings. The van der Waals surface area contributed by atoms with E-state index in [9.17, 15) is 8.78 Å². The van der Waals surface area contributed by atoms with E-state index in [0.717, 1.165) is 29.5 Å². The van der Waals surface area contributed by atoms with Gasteiger partial charge in [0, 0.05) is 11.1 Å². The van der Waals surface area contributed by atoms with Crippen molar-refractivity contribution in [2.24, 2.45) is 0 Å². The van der Waals surface area contributed by atoms with Gasteiger partial charge in [0.25, 0.3) is 0 Å². The summed E-state index contributed by atoms with van der Waals surface area (Å²) in [5.41, 5.74) is 3.57. The lowest BCUT2D eigenvalue weighted by molar-refractivity contribution is -0.0494. The molecular weight excluding hydrogens is 286 g/mol. The number of alkyl halides is 2. The quantitative estimate of drug-likeness (QED) is 0.740. The number of benzene rings is 2. The van der Waals surface area contributed by atoms with Crippen molar-refractivity contribution in [2.45, 2.75) is 33.3 Å². The Morgan fingerprint density at radius 2 is 1.36 bits per heavy atom. The largest absolute Gasteiger partial charge is 0.496 e. The van der Waals surface area contributed by atoms with Crippen LogP contribution in [0.25, 0.3) is 11.1 Å². The zero-order valence-corrected chi connectivity index (χ0v) is 13.0. The van der Waals surface area contributed by atoms with Gasteiger partial charge in [0.15, 0.2) is 0 Å². The van der Waals surface area contributed by atoms with Crippen LogP contribution in [0, 0.1) is 0 Å². The monoisotopic (exact) mass is 306 g/mol. The SMILES string of the molecule is CCc1ccc(OC)c(-c2cc(CC)ccc2OC(F)F)c1. The molecule has 118 valence electrons. The normalized spacial score (nSPS) is 10.8. The van der Waals surface area contributed by atoms with Crippen LogP contribution in [-0.2, 0) is 12.8 Å². The number of ether oxygens (including phenoxy) is 2. The second-order valence-electron chi connectivity index (χ2n) is 4.95. The van der Waals surface area contributed by atoms with Crippen molar-refractivity contribution in [3.8, 4) is 22.6 Å². The smallest absolute Gasteiger partial charge is 0.387 e. The number of methoxy groups -OCH3 is 1. The van der Waals surface area contributed by atoms with E-state index in [-0.39, 0.29) is 5.75 Å². The summed E-state index contributed by atoms with van der Waals surface area (Å²) in [6.45, 7) is 1.21. The molecule has 0 heterocycles. The van der Waals surface area contributed by atoms with Crippen LogP contribution in [0.15, 0.2) is 36.4 Å². The third kappa shape index (κ3) is 3.56. The van der Waals surface area contributed by atoms with Gasteiger partial charge < -0.3 is 9.47 Å². The molecule has 4 heteroatoms. The van der Waals surface area contributed by atoms with Crippen molar-refractivity contribution in [3.63, 3.8) is 0 Å². The Bertz CT molecular complexity index is 639. The third-order valence-electron chi connectivity index (χ3n) is 3.63. The highest BCUT2D eigenvalue weighted by Gasteiger charge is 2.15. The maximum absolute atomic E-state index is 12.7. The van der Waals surface area contributed by atoms with Crippen molar-refractivity contribution >= 4 is 0 Å². The minimum atomic E-state index is -2.86. The number of hydrogen-bond acceptors (Lipinski definition) is 2. The first kappa shape index (κ1) is 16.3. The number of hydrogen-bond donors (Lipinski definition) is 0. The minimum absolute atomic E-state index is 0.166. The van der Waals surface area contributed by atoms with Crippen LogP contribution in [0.4, 0.5) is 8.78 Å². The standard InChI is InChI=1S/C18H20F2O2/c1-4-12-6-8-16(21-3)14(10-12)15-11-13(5-2)7-9-17(15)22-18(19)20/h6-11,18H,4-5H2,1-3H3. The van der Waals surface area contributed by atoms with Gasteiger partial charge in [0.1, 0.15) is 11.5 Å². The molecule has 0 aliphatic heterocycles. The summed E-state index contributed by atoms with van der Waals surface area (Å²) in [4.78, 5) is 0. The maximum atomic E-state index is 12.7. The first-order valence-corrected chi connectivity index (χ1v) is 7.34. The Balaban J connectivity index is 2.62. The van der Waals surface area contributed by atoms with Crippen LogP contribution in [0.1, 0.15) is 25.0 Å². The highest BCUT2D eigenvalue weighted by molar-refractivity contribution is 5.77. The summed E-state index contributed by atoms with van der Waals surface area (Å²) >= 11 is 0. The maximum Gasteiger partial charge on any atom is 0.387 e. The molecule has 0 radical (unpaired) electrons. The molecule has 0 bridgehead atoms. The molecule has 0 amide bonds. The Morgan fingerprint density at radius 3 is 1.82 bits per heavy atom. The fourth-order valence-electron chi connectivity index (χ4n) is 2.39. The summed E-state index contributed by atoms with van der Waals surface area (Å²) < 4.78 is 35.4. The molecule has 0 aliphatic carbocycles. The molecule has 0 saturated carbocycles. The van der Waals surface area contributed by atoms with Crippen LogP contribution >= 0.6 is 0 Å². The van der Waals surface area contributed by atoms with Gasteiger partial charge in [-0.2, -0.15) is 8.78 Å². The molecule has 0 spiro atoms. The van der Waals surface area contributed by atoms with Crippen LogP contribution in [-0.4, -0.2) is 13.7 Å². The van der Waals surface area contributed by atoms with Crippen molar-refractivity contribution in [3.05, 3.63) is 47.5 Å². The van der Waals surface area contributed by atoms with Gasteiger partial charge in [0.05, 0.1) is 7.11 Å². The molecule has 22 heavy (non-hydrogen) atoms. The van der Waals surface area contributed by atoms with Gasteiger partial charge in [-0.25, -0.2) is 0 Å². The van der Waals surface area contributed by atoms with Crippen molar-refractivity contribution in [2.75, 3.05) is 7.11 Å². The minimum Gasteiger partial charge on any atom is -0.496 e. The van der Waals surface area contributed by atoms with Crippen LogP contribution in [0.3, 0.4) is 0 Å². The first-order chi connectivity index (χ1) is 10.6. The van der Waals surface area contributed by atoms with Crippen LogP contribution in [0.2, 0.25) is 0 Å². The van der Waals surface area contributed by atoms with Crippen molar-refractivity contribution < 1.29 is 18.3 Å². The van der Waals surface area contributed by atoms with Crippen LogP contribution in [0.5, 0.6) is 11.5 Å². The number of halogens is 2. The first-order valence-electron chi connectivity index (χ1n) is 7.34. The van der Waals surface area contributed by atoms with Gasteiger partial charge in [-0.05, 0) is 48.2 Å². The second kappa shape index (κ2) is 7.25. The molecule has 0 unspecified atom stereocenters. The summed E-state index contributed by atoms with van der Waals surface area (Å²) in [6.07, 6.45) is 1.67. The Kier molecular flexibility index (Phi) is 5.36. The average Bonchev–Trinajstić information content (AvgIpc) is 2.54. The fraction of sp³-hybridized carbons (Fsp3) is 0.333. The van der Waals surface area contributed by atoms with Crippen LogP contribution < -0.4 is 9.47 Å². The van der Waals surface area contributed by atoms with E-state index in [1.54, 1.807) is 19.2 Å². The van der Waals surface area contributed by atoms with Gasteiger partial charge in [-0.1, -0.05) is 26.0 Å². The predicted octanol–water partition coefficient (Wildman–Crippen LogP) is 5.09. The van der Waals surface area contributed by atoms with E-state index in [0.29, 0.717) is 11.3 Å². The summed E-state index contributed by atoms with van der Waals surface area (Å²) in [5.74, 6) is 0.809. The molecule has 2 rings (SSSR count). The predicted molar refractivity (Wildman–Crippen MR) is 83.8 cm³/mol. The van der Waals surface area contributed by atoms with E-state index in [2.05, 4.69) is 4.74 Å². The fourth-order valence-corrected chi connectivity index (χ4v) is 2.39. The molecule has 0 aromatic heterocycles. The molecule has 0 fully saturated rings. The Labute approximate surface area is 129 Å². The van der Waals surface area contributed by atoms with Crippen molar-refractivity contribution in [1.82, 2.24) is 0 Å². The average molecular weight is 306 g/mol. The highest BCUT2D eigenvalue weighted by Crippen LogP contribution is 2.38. The van der Waals surface area contributed by atoms with E-state index in [1.807, 2.05) is 38.1 Å². The lowest BCUT2D eigenvalue weighted by Crippen LogP contribution is -2.04. The molecule has 2 nitrogen and oxygen atoms in total. The van der Waals surface area contributed by atoms with E-state index < -0.39 is 6.61 Å². The number of rotatable bonds is 6. The summed E-state index contributed by atoms with van der Waals surface area (Å²) in [5, 5.41) is 0. The summed E-state index contributed by atoms with van der Waals surface area (Å²) in [6, 6.07) is 11.1. The van der Waals surface area contributed by atoms with E-state index in [4.69, 9.17) is 4.74 Å². The van der Waals surface area contributed by atoms with Gasteiger partial charge in [-0.15, -0.1) is 0 Å². The second-order valence-corrected chi connectivity index (χ2v) is 4.95. The zero-order valence-electron chi connectivity index (χ0n) is 13.0. The van der Waals surface area contributed by atoms with Gasteiger partial charge in [0.2, 0.25) is 0 Å². The molecule has 0 N–H and O–H groups in total. The lowest BCUT2D eigenvalue weighted by Gasteiger charge is -2.16. The molecular formula is C18H20F2O2.